The van der Waals surface area contributed by atoms with Crippen molar-refractivity contribution in [2.75, 3.05) is 39.5 Å². The van der Waals surface area contributed by atoms with Crippen LogP contribution in [-0.2, 0) is 6.42 Å². The Morgan fingerprint density at radius 2 is 2.35 bits per heavy atom. The number of nitrogens with one attached hydrogen (secondary N) is 1. The highest BCUT2D eigenvalue weighted by atomic mass is 32.2. The quantitative estimate of drug-likeness (QED) is 0.492. The van der Waals surface area contributed by atoms with Crippen molar-refractivity contribution in [1.82, 2.24) is 10.2 Å². The molecule has 0 spiro atoms. The maximum atomic E-state index is 5.27. The van der Waals surface area contributed by atoms with E-state index in [1.54, 1.807) is 7.11 Å². The van der Waals surface area contributed by atoms with Gasteiger partial charge in [0.1, 0.15) is 5.75 Å². The van der Waals surface area contributed by atoms with Gasteiger partial charge in [-0.15, -0.1) is 0 Å². The summed E-state index contributed by atoms with van der Waals surface area (Å²) in [4.78, 5) is 6.85. The first-order valence-corrected chi connectivity index (χ1v) is 9.51. The molecule has 0 saturated carbocycles. The number of rotatable bonds is 6. The SMILES string of the molecule is CCC1CN(C(=NC)NCCCc2cccc(OC)c2)CCS1. The molecule has 2 rings (SSSR count). The zero-order valence-corrected chi connectivity index (χ0v) is 15.4. The maximum Gasteiger partial charge on any atom is 0.193 e. The summed E-state index contributed by atoms with van der Waals surface area (Å²) in [6.07, 6.45) is 3.37. The average molecular weight is 336 g/mol. The van der Waals surface area contributed by atoms with Crippen molar-refractivity contribution >= 4 is 17.7 Å². The normalized spacial score (nSPS) is 18.8. The predicted octanol–water partition coefficient (Wildman–Crippen LogP) is 3.03. The van der Waals surface area contributed by atoms with E-state index in [0.29, 0.717) is 0 Å². The first kappa shape index (κ1) is 18.0. The van der Waals surface area contributed by atoms with Gasteiger partial charge >= 0.3 is 0 Å². The minimum atomic E-state index is 0.735. The lowest BCUT2D eigenvalue weighted by molar-refractivity contribution is 0.407. The van der Waals surface area contributed by atoms with E-state index in [2.05, 4.69) is 52.1 Å². The fourth-order valence-corrected chi connectivity index (χ4v) is 3.99. The number of thioether (sulfide) groups is 1. The van der Waals surface area contributed by atoms with Crippen molar-refractivity contribution in [3.63, 3.8) is 0 Å². The van der Waals surface area contributed by atoms with Crippen LogP contribution in [0.5, 0.6) is 5.75 Å². The van der Waals surface area contributed by atoms with E-state index < -0.39 is 0 Å². The average Bonchev–Trinajstić information content (AvgIpc) is 2.62. The van der Waals surface area contributed by atoms with E-state index in [1.807, 2.05) is 13.1 Å². The molecule has 0 aliphatic carbocycles. The Labute approximate surface area is 144 Å². The number of guanidine groups is 1. The summed E-state index contributed by atoms with van der Waals surface area (Å²) < 4.78 is 5.27. The molecule has 0 bridgehead atoms. The molecule has 0 radical (unpaired) electrons. The van der Waals surface area contributed by atoms with Crippen LogP contribution in [0.25, 0.3) is 0 Å². The van der Waals surface area contributed by atoms with Crippen LogP contribution in [0, 0.1) is 0 Å². The predicted molar refractivity (Wildman–Crippen MR) is 101 cm³/mol. The molecule has 1 atom stereocenters. The Kier molecular flexibility index (Phi) is 7.59. The smallest absolute Gasteiger partial charge is 0.193 e. The van der Waals surface area contributed by atoms with Gasteiger partial charge in [-0.05, 0) is 37.0 Å². The van der Waals surface area contributed by atoms with Crippen LogP contribution in [0.1, 0.15) is 25.3 Å². The zero-order chi connectivity index (χ0) is 16.5. The number of hydrogen-bond acceptors (Lipinski definition) is 3. The van der Waals surface area contributed by atoms with Crippen LogP contribution in [0.4, 0.5) is 0 Å². The fourth-order valence-electron chi connectivity index (χ4n) is 2.81. The number of hydrogen-bond donors (Lipinski definition) is 1. The molecule has 4 nitrogen and oxygen atoms in total. The molecular formula is C18H29N3OS. The lowest BCUT2D eigenvalue weighted by Gasteiger charge is -2.34. The minimum absolute atomic E-state index is 0.735. The van der Waals surface area contributed by atoms with Crippen LogP contribution < -0.4 is 10.1 Å². The lowest BCUT2D eigenvalue weighted by Crippen LogP contribution is -2.48. The maximum absolute atomic E-state index is 5.27. The molecule has 0 amide bonds. The highest BCUT2D eigenvalue weighted by Gasteiger charge is 2.21. The molecule has 128 valence electrons. The summed E-state index contributed by atoms with van der Waals surface area (Å²) in [6, 6.07) is 8.31. The summed E-state index contributed by atoms with van der Waals surface area (Å²) in [6.45, 7) is 5.42. The highest BCUT2D eigenvalue weighted by molar-refractivity contribution is 8.00. The summed E-state index contributed by atoms with van der Waals surface area (Å²) in [5.41, 5.74) is 1.32. The third-order valence-corrected chi connectivity index (χ3v) is 5.54. The molecule has 1 saturated heterocycles. The molecule has 1 aromatic rings. The monoisotopic (exact) mass is 335 g/mol. The number of benzene rings is 1. The Balaban J connectivity index is 1.75. The zero-order valence-electron chi connectivity index (χ0n) is 14.5. The van der Waals surface area contributed by atoms with Crippen molar-refractivity contribution in [1.29, 1.82) is 0 Å². The van der Waals surface area contributed by atoms with Crippen LogP contribution in [0.3, 0.4) is 0 Å². The number of nitrogens with zero attached hydrogens (tertiary/aromatic N) is 2. The van der Waals surface area contributed by atoms with E-state index >= 15 is 0 Å². The molecule has 23 heavy (non-hydrogen) atoms. The molecule has 1 N–H and O–H groups in total. The topological polar surface area (TPSA) is 36.9 Å². The van der Waals surface area contributed by atoms with E-state index in [0.717, 1.165) is 49.4 Å². The summed E-state index contributed by atoms with van der Waals surface area (Å²) in [7, 11) is 3.60. The first-order chi connectivity index (χ1) is 11.3. The summed E-state index contributed by atoms with van der Waals surface area (Å²) in [5.74, 6) is 3.18. The highest BCUT2D eigenvalue weighted by Crippen LogP contribution is 2.21. The third kappa shape index (κ3) is 5.65. The Morgan fingerprint density at radius 3 is 3.09 bits per heavy atom. The van der Waals surface area contributed by atoms with E-state index in [9.17, 15) is 0 Å². The van der Waals surface area contributed by atoms with Gasteiger partial charge < -0.3 is 15.0 Å². The van der Waals surface area contributed by atoms with Gasteiger partial charge in [0.2, 0.25) is 0 Å². The first-order valence-electron chi connectivity index (χ1n) is 8.47. The molecule has 1 aliphatic heterocycles. The van der Waals surface area contributed by atoms with Gasteiger partial charge in [-0.1, -0.05) is 19.1 Å². The lowest BCUT2D eigenvalue weighted by atomic mass is 10.1. The third-order valence-electron chi connectivity index (χ3n) is 4.16. The van der Waals surface area contributed by atoms with Gasteiger partial charge in [0.05, 0.1) is 7.11 Å². The van der Waals surface area contributed by atoms with Crippen molar-refractivity contribution in [3.05, 3.63) is 29.8 Å². The van der Waals surface area contributed by atoms with E-state index in [-0.39, 0.29) is 0 Å². The molecule has 0 aromatic heterocycles. The number of ether oxygens (including phenoxy) is 1. The van der Waals surface area contributed by atoms with Crippen LogP contribution in [0.15, 0.2) is 29.3 Å². The molecule has 1 heterocycles. The molecular weight excluding hydrogens is 306 g/mol. The van der Waals surface area contributed by atoms with Gasteiger partial charge in [-0.25, -0.2) is 0 Å². The number of aliphatic imine (C=N–C) groups is 1. The minimum Gasteiger partial charge on any atom is -0.497 e. The molecule has 1 aromatic carbocycles. The van der Waals surface area contributed by atoms with Crippen molar-refractivity contribution in [3.8, 4) is 5.75 Å². The Morgan fingerprint density at radius 1 is 1.48 bits per heavy atom. The van der Waals surface area contributed by atoms with Crippen LogP contribution >= 0.6 is 11.8 Å². The van der Waals surface area contributed by atoms with E-state index in [4.69, 9.17) is 4.74 Å². The van der Waals surface area contributed by atoms with Crippen molar-refractivity contribution in [2.45, 2.75) is 31.4 Å². The van der Waals surface area contributed by atoms with Crippen LogP contribution in [0.2, 0.25) is 0 Å². The molecule has 1 unspecified atom stereocenters. The second-order valence-electron chi connectivity index (χ2n) is 5.78. The van der Waals surface area contributed by atoms with Gasteiger partial charge in [-0.2, -0.15) is 11.8 Å². The molecule has 1 fully saturated rings. The number of aryl methyl sites for hydroxylation is 1. The fraction of sp³-hybridized carbons (Fsp3) is 0.611. The summed E-state index contributed by atoms with van der Waals surface area (Å²) in [5, 5.41) is 4.25. The largest absolute Gasteiger partial charge is 0.497 e. The second kappa shape index (κ2) is 9.71. The standard InChI is InChI=1S/C18H29N3OS/c1-4-17-14-21(11-12-23-17)18(19-2)20-10-6-8-15-7-5-9-16(13-15)22-3/h5,7,9,13,17H,4,6,8,10-12,14H2,1-3H3,(H,19,20). The van der Waals surface area contributed by atoms with Crippen LogP contribution in [-0.4, -0.2) is 55.7 Å². The van der Waals surface area contributed by atoms with Gasteiger partial charge in [0.15, 0.2) is 5.96 Å². The van der Waals surface area contributed by atoms with Crippen molar-refractivity contribution < 1.29 is 4.74 Å². The summed E-state index contributed by atoms with van der Waals surface area (Å²) >= 11 is 2.09. The number of methoxy groups -OCH3 is 1. The Hall–Kier alpha value is -1.36. The van der Waals surface area contributed by atoms with E-state index in [1.165, 1.54) is 17.7 Å². The Bertz CT molecular complexity index is 507. The van der Waals surface area contributed by atoms with Crippen molar-refractivity contribution in [2.24, 2.45) is 4.99 Å². The van der Waals surface area contributed by atoms with Gasteiger partial charge in [0.25, 0.3) is 0 Å². The van der Waals surface area contributed by atoms with Gasteiger partial charge in [-0.3, -0.25) is 4.99 Å². The molecule has 5 heteroatoms. The van der Waals surface area contributed by atoms with Gasteiger partial charge in [0, 0.05) is 37.7 Å². The molecule has 1 aliphatic rings. The second-order valence-corrected chi connectivity index (χ2v) is 7.18.